The van der Waals surface area contributed by atoms with E-state index in [2.05, 4.69) is 10.3 Å². The molecule has 21 heavy (non-hydrogen) atoms. The molecule has 1 amide bonds. The molecule has 0 unspecified atom stereocenters. The number of aromatic carboxylic acids is 1. The van der Waals surface area contributed by atoms with Crippen LogP contribution in [-0.4, -0.2) is 27.1 Å². The number of rotatable bonds is 4. The number of nitrogens with one attached hydrogen (secondary N) is 1. The molecule has 0 bridgehead atoms. The maximum atomic E-state index is 11.7. The highest BCUT2D eigenvalue weighted by atomic mass is 16.4. The first-order valence-electron chi connectivity index (χ1n) is 6.02. The van der Waals surface area contributed by atoms with Crippen LogP contribution >= 0.6 is 0 Å². The molecule has 1 aromatic heterocycles. The molecule has 0 atom stereocenters. The van der Waals surface area contributed by atoms with Gasteiger partial charge in [0.2, 0.25) is 5.91 Å². The summed E-state index contributed by atoms with van der Waals surface area (Å²) in [5.41, 5.74) is 0.810. The third-order valence-corrected chi connectivity index (χ3v) is 2.58. The molecule has 6 heteroatoms. The predicted octanol–water partition coefficient (Wildman–Crippen LogP) is 2.14. The van der Waals surface area contributed by atoms with Gasteiger partial charge in [0, 0.05) is 12.3 Å². The monoisotopic (exact) mass is 284 g/mol. The van der Waals surface area contributed by atoms with E-state index >= 15 is 0 Å². The standard InChI is InChI=1S/C15H12N2O4/c18-12-5-1-10(2-6-12)3-8-14(19)17-13-7-4-11(9-16-13)15(20)21/h1-9,18H,(H,20,21)(H,16,17,19). The Balaban J connectivity index is 1.98. The van der Waals surface area contributed by atoms with E-state index in [1.54, 1.807) is 18.2 Å². The summed E-state index contributed by atoms with van der Waals surface area (Å²) in [7, 11) is 0. The number of aromatic nitrogens is 1. The zero-order valence-electron chi connectivity index (χ0n) is 10.9. The van der Waals surface area contributed by atoms with Crippen LogP contribution in [0.4, 0.5) is 5.82 Å². The Kier molecular flexibility index (Phi) is 4.30. The number of aromatic hydroxyl groups is 1. The number of nitrogens with zero attached hydrogens (tertiary/aromatic N) is 1. The van der Waals surface area contributed by atoms with Crippen molar-refractivity contribution in [3.8, 4) is 5.75 Å². The molecule has 106 valence electrons. The van der Waals surface area contributed by atoms with Crippen molar-refractivity contribution in [2.24, 2.45) is 0 Å². The molecule has 0 spiro atoms. The number of pyridine rings is 1. The van der Waals surface area contributed by atoms with Crippen molar-refractivity contribution in [1.82, 2.24) is 4.98 Å². The number of amides is 1. The fourth-order valence-electron chi connectivity index (χ4n) is 1.52. The number of phenolic OH excluding ortho intramolecular Hbond substituents is 1. The lowest BCUT2D eigenvalue weighted by Crippen LogP contribution is -2.09. The fraction of sp³-hybridized carbons (Fsp3) is 0. The lowest BCUT2D eigenvalue weighted by Gasteiger charge is -2.01. The van der Waals surface area contributed by atoms with E-state index in [0.29, 0.717) is 0 Å². The van der Waals surface area contributed by atoms with Gasteiger partial charge in [-0.05, 0) is 35.9 Å². The molecule has 0 aliphatic heterocycles. The maximum Gasteiger partial charge on any atom is 0.337 e. The zero-order valence-corrected chi connectivity index (χ0v) is 10.9. The highest BCUT2D eigenvalue weighted by Crippen LogP contribution is 2.11. The van der Waals surface area contributed by atoms with Gasteiger partial charge in [-0.1, -0.05) is 12.1 Å². The van der Waals surface area contributed by atoms with E-state index in [0.717, 1.165) is 5.56 Å². The number of carbonyl (C=O) groups excluding carboxylic acids is 1. The Bertz CT molecular complexity index is 676. The Hall–Kier alpha value is -3.15. The average molecular weight is 284 g/mol. The Labute approximate surface area is 120 Å². The van der Waals surface area contributed by atoms with Crippen molar-refractivity contribution in [1.29, 1.82) is 0 Å². The predicted molar refractivity (Wildman–Crippen MR) is 77.0 cm³/mol. The van der Waals surface area contributed by atoms with E-state index in [1.807, 2.05) is 0 Å². The number of anilines is 1. The van der Waals surface area contributed by atoms with Crippen molar-refractivity contribution in [3.63, 3.8) is 0 Å². The first-order chi connectivity index (χ1) is 10.0. The molecular formula is C15H12N2O4. The van der Waals surface area contributed by atoms with Gasteiger partial charge in [-0.3, -0.25) is 4.79 Å². The quantitative estimate of drug-likeness (QED) is 0.747. The minimum Gasteiger partial charge on any atom is -0.508 e. The van der Waals surface area contributed by atoms with Crippen molar-refractivity contribution in [3.05, 3.63) is 59.8 Å². The van der Waals surface area contributed by atoms with Crippen molar-refractivity contribution in [2.45, 2.75) is 0 Å². The van der Waals surface area contributed by atoms with Gasteiger partial charge in [0.05, 0.1) is 5.56 Å². The summed E-state index contributed by atoms with van der Waals surface area (Å²) >= 11 is 0. The molecule has 0 radical (unpaired) electrons. The average Bonchev–Trinajstić information content (AvgIpc) is 2.47. The van der Waals surface area contributed by atoms with Gasteiger partial charge in [0.1, 0.15) is 11.6 Å². The fourth-order valence-corrected chi connectivity index (χ4v) is 1.52. The Morgan fingerprint density at radius 3 is 2.38 bits per heavy atom. The number of phenols is 1. The summed E-state index contributed by atoms with van der Waals surface area (Å²) in [4.78, 5) is 26.2. The van der Waals surface area contributed by atoms with Crippen molar-refractivity contribution >= 4 is 23.8 Å². The molecule has 2 rings (SSSR count). The van der Waals surface area contributed by atoms with E-state index < -0.39 is 11.9 Å². The van der Waals surface area contributed by atoms with Crippen LogP contribution in [0.25, 0.3) is 6.08 Å². The lowest BCUT2D eigenvalue weighted by atomic mass is 10.2. The van der Waals surface area contributed by atoms with Gasteiger partial charge in [-0.15, -0.1) is 0 Å². The van der Waals surface area contributed by atoms with E-state index in [-0.39, 0.29) is 17.1 Å². The summed E-state index contributed by atoms with van der Waals surface area (Å²) in [6.07, 6.45) is 4.07. The Morgan fingerprint density at radius 1 is 1.10 bits per heavy atom. The summed E-state index contributed by atoms with van der Waals surface area (Å²) < 4.78 is 0. The normalized spacial score (nSPS) is 10.5. The molecule has 6 nitrogen and oxygen atoms in total. The SMILES string of the molecule is O=C(C=Cc1ccc(O)cc1)Nc1ccc(C(=O)O)cn1. The van der Waals surface area contributed by atoms with Gasteiger partial charge in [0.15, 0.2) is 0 Å². The topological polar surface area (TPSA) is 99.5 Å². The molecule has 0 aliphatic rings. The first-order valence-corrected chi connectivity index (χ1v) is 6.02. The van der Waals surface area contributed by atoms with Crippen molar-refractivity contribution in [2.75, 3.05) is 5.32 Å². The number of carboxylic acid groups (broad SMARTS) is 1. The van der Waals surface area contributed by atoms with Crippen LogP contribution in [0.1, 0.15) is 15.9 Å². The van der Waals surface area contributed by atoms with Crippen LogP contribution in [0.15, 0.2) is 48.7 Å². The zero-order chi connectivity index (χ0) is 15.2. The molecule has 3 N–H and O–H groups in total. The molecule has 0 saturated carbocycles. The number of carbonyl (C=O) groups is 2. The third-order valence-electron chi connectivity index (χ3n) is 2.58. The summed E-state index contributed by atoms with van der Waals surface area (Å²) in [5.74, 6) is -1.05. The molecule has 0 fully saturated rings. The molecular weight excluding hydrogens is 272 g/mol. The number of hydrogen-bond acceptors (Lipinski definition) is 4. The number of benzene rings is 1. The van der Waals surface area contributed by atoms with Gasteiger partial charge >= 0.3 is 5.97 Å². The van der Waals surface area contributed by atoms with Gasteiger partial charge in [0.25, 0.3) is 0 Å². The second kappa shape index (κ2) is 6.33. The van der Waals surface area contributed by atoms with Gasteiger partial charge < -0.3 is 15.5 Å². The van der Waals surface area contributed by atoms with Crippen LogP contribution in [0.5, 0.6) is 5.75 Å². The largest absolute Gasteiger partial charge is 0.508 e. The summed E-state index contributed by atoms with van der Waals surface area (Å²) in [6, 6.07) is 9.13. The summed E-state index contributed by atoms with van der Waals surface area (Å²) in [5, 5.41) is 20.4. The maximum absolute atomic E-state index is 11.7. The first kappa shape index (κ1) is 14.3. The van der Waals surface area contributed by atoms with Crippen LogP contribution in [0.3, 0.4) is 0 Å². The molecule has 0 aliphatic carbocycles. The molecule has 0 saturated heterocycles. The second-order valence-corrected chi connectivity index (χ2v) is 4.15. The summed E-state index contributed by atoms with van der Waals surface area (Å²) in [6.45, 7) is 0. The number of hydrogen-bond donors (Lipinski definition) is 3. The van der Waals surface area contributed by atoms with E-state index in [1.165, 1.54) is 36.5 Å². The Morgan fingerprint density at radius 2 is 1.81 bits per heavy atom. The number of carboxylic acids is 1. The van der Waals surface area contributed by atoms with Gasteiger partial charge in [-0.25, -0.2) is 9.78 Å². The molecule has 2 aromatic rings. The van der Waals surface area contributed by atoms with Crippen LogP contribution in [0.2, 0.25) is 0 Å². The van der Waals surface area contributed by atoms with Crippen LogP contribution in [-0.2, 0) is 4.79 Å². The minimum absolute atomic E-state index is 0.0487. The lowest BCUT2D eigenvalue weighted by molar-refractivity contribution is -0.111. The highest BCUT2D eigenvalue weighted by molar-refractivity contribution is 6.01. The second-order valence-electron chi connectivity index (χ2n) is 4.15. The third kappa shape index (κ3) is 4.17. The van der Waals surface area contributed by atoms with Gasteiger partial charge in [-0.2, -0.15) is 0 Å². The van der Waals surface area contributed by atoms with Crippen LogP contribution in [0, 0.1) is 0 Å². The highest BCUT2D eigenvalue weighted by Gasteiger charge is 2.04. The van der Waals surface area contributed by atoms with E-state index in [4.69, 9.17) is 10.2 Å². The molecule has 1 aromatic carbocycles. The minimum atomic E-state index is -1.08. The smallest absolute Gasteiger partial charge is 0.337 e. The van der Waals surface area contributed by atoms with Crippen molar-refractivity contribution < 1.29 is 19.8 Å². The van der Waals surface area contributed by atoms with Crippen LogP contribution < -0.4 is 5.32 Å². The van der Waals surface area contributed by atoms with E-state index in [9.17, 15) is 9.59 Å². The molecule has 1 heterocycles.